The van der Waals surface area contributed by atoms with Crippen molar-refractivity contribution in [1.82, 2.24) is 9.80 Å². The molecule has 1 saturated heterocycles. The van der Waals surface area contributed by atoms with Gasteiger partial charge in [-0.3, -0.25) is 4.79 Å². The van der Waals surface area contributed by atoms with Gasteiger partial charge in [0.2, 0.25) is 0 Å². The summed E-state index contributed by atoms with van der Waals surface area (Å²) in [6.45, 7) is 1.80. The zero-order valence-electron chi connectivity index (χ0n) is 15.8. The maximum atomic E-state index is 13.3. The zero-order chi connectivity index (χ0) is 19.0. The molecule has 27 heavy (non-hydrogen) atoms. The smallest absolute Gasteiger partial charge is 0.290 e. The Morgan fingerprint density at radius 2 is 1.81 bits per heavy atom. The third-order valence-electron chi connectivity index (χ3n) is 5.25. The van der Waals surface area contributed by atoms with Crippen LogP contribution in [-0.4, -0.2) is 48.9 Å². The first kappa shape index (κ1) is 17.8. The molecule has 1 aliphatic heterocycles. The molecule has 5 heteroatoms. The van der Waals surface area contributed by atoms with Crippen LogP contribution in [0.15, 0.2) is 59.0 Å². The number of benzene rings is 2. The lowest BCUT2D eigenvalue weighted by molar-refractivity contribution is 0.0757. The standard InChI is InChI=1S/C22H25N3O2/c1-24(2)12-18-16-10-6-7-11-20(16)27-21(18)22(26)25-13-17(19(23)14-25)15-8-4-3-5-9-15/h3-11,17,19H,12-14,23H2,1-2H3/t17-,19+/m0/s1. The van der Waals surface area contributed by atoms with Crippen LogP contribution in [0.5, 0.6) is 0 Å². The SMILES string of the molecule is CN(C)Cc1c(C(=O)N2C[C@@H](N)[C@H](c3ccccc3)C2)oc2ccccc12. The normalized spacial score (nSPS) is 19.9. The summed E-state index contributed by atoms with van der Waals surface area (Å²) in [6, 6.07) is 17.9. The summed E-state index contributed by atoms with van der Waals surface area (Å²) < 4.78 is 5.99. The highest BCUT2D eigenvalue weighted by Gasteiger charge is 2.36. The van der Waals surface area contributed by atoms with Gasteiger partial charge in [0.15, 0.2) is 5.76 Å². The first-order valence-corrected chi connectivity index (χ1v) is 9.29. The minimum absolute atomic E-state index is 0.0713. The van der Waals surface area contributed by atoms with Gasteiger partial charge in [0, 0.05) is 42.5 Å². The van der Waals surface area contributed by atoms with Crippen LogP contribution in [-0.2, 0) is 6.54 Å². The molecule has 2 heterocycles. The number of nitrogens with two attached hydrogens (primary N) is 1. The highest BCUT2D eigenvalue weighted by atomic mass is 16.3. The molecule has 2 aromatic carbocycles. The molecule has 1 aromatic heterocycles. The van der Waals surface area contributed by atoms with Crippen LogP contribution in [0.25, 0.3) is 11.0 Å². The number of furan rings is 1. The van der Waals surface area contributed by atoms with Crippen molar-refractivity contribution in [2.75, 3.05) is 27.2 Å². The molecule has 3 aromatic rings. The molecule has 2 N–H and O–H groups in total. The van der Waals surface area contributed by atoms with Gasteiger partial charge in [0.05, 0.1) is 0 Å². The number of carbonyl (C=O) groups excluding carboxylic acids is 1. The average molecular weight is 363 g/mol. The zero-order valence-corrected chi connectivity index (χ0v) is 15.8. The number of hydrogen-bond donors (Lipinski definition) is 1. The van der Waals surface area contributed by atoms with Crippen molar-refractivity contribution >= 4 is 16.9 Å². The fourth-order valence-corrected chi connectivity index (χ4v) is 3.94. The molecule has 0 unspecified atom stereocenters. The molecular formula is C22H25N3O2. The van der Waals surface area contributed by atoms with E-state index in [9.17, 15) is 4.79 Å². The maximum absolute atomic E-state index is 13.3. The molecule has 4 rings (SSSR count). The van der Waals surface area contributed by atoms with Gasteiger partial charge in [-0.2, -0.15) is 0 Å². The van der Waals surface area contributed by atoms with Crippen LogP contribution in [0, 0.1) is 0 Å². The molecule has 140 valence electrons. The van der Waals surface area contributed by atoms with E-state index in [2.05, 4.69) is 17.0 Å². The average Bonchev–Trinajstić information content (AvgIpc) is 3.23. The Labute approximate surface area is 159 Å². The summed E-state index contributed by atoms with van der Waals surface area (Å²) in [5, 5.41) is 0.998. The monoisotopic (exact) mass is 363 g/mol. The van der Waals surface area contributed by atoms with Gasteiger partial charge < -0.3 is 20.0 Å². The fourth-order valence-electron chi connectivity index (χ4n) is 3.94. The lowest BCUT2D eigenvalue weighted by Crippen LogP contribution is -2.32. The predicted octanol–water partition coefficient (Wildman–Crippen LogP) is 3.06. The van der Waals surface area contributed by atoms with E-state index >= 15 is 0 Å². The molecule has 0 aliphatic carbocycles. The number of likely N-dealkylation sites (tertiary alicyclic amines) is 1. The van der Waals surface area contributed by atoms with E-state index in [1.54, 1.807) is 0 Å². The molecule has 2 atom stereocenters. The molecular weight excluding hydrogens is 338 g/mol. The third kappa shape index (κ3) is 3.36. The Hall–Kier alpha value is -2.63. The summed E-state index contributed by atoms with van der Waals surface area (Å²) in [7, 11) is 3.99. The van der Waals surface area contributed by atoms with Gasteiger partial charge in [0.1, 0.15) is 5.58 Å². The van der Waals surface area contributed by atoms with Crippen LogP contribution < -0.4 is 5.73 Å². The van der Waals surface area contributed by atoms with E-state index < -0.39 is 0 Å². The first-order chi connectivity index (χ1) is 13.0. The minimum atomic E-state index is -0.0723. The second kappa shape index (κ2) is 7.18. The van der Waals surface area contributed by atoms with Crippen molar-refractivity contribution in [1.29, 1.82) is 0 Å². The minimum Gasteiger partial charge on any atom is -0.451 e. The molecule has 5 nitrogen and oxygen atoms in total. The molecule has 0 bridgehead atoms. The highest BCUT2D eigenvalue weighted by Crippen LogP contribution is 2.31. The topological polar surface area (TPSA) is 62.7 Å². The quantitative estimate of drug-likeness (QED) is 0.774. The molecule has 1 amide bonds. The molecule has 1 fully saturated rings. The van der Waals surface area contributed by atoms with E-state index in [4.69, 9.17) is 10.2 Å². The molecule has 0 spiro atoms. The van der Waals surface area contributed by atoms with Crippen molar-refractivity contribution in [2.45, 2.75) is 18.5 Å². The second-order valence-corrected chi connectivity index (χ2v) is 7.53. The van der Waals surface area contributed by atoms with Gasteiger partial charge in [-0.25, -0.2) is 0 Å². The Morgan fingerprint density at radius 1 is 1.11 bits per heavy atom. The predicted molar refractivity (Wildman–Crippen MR) is 107 cm³/mol. The summed E-state index contributed by atoms with van der Waals surface area (Å²) in [6.07, 6.45) is 0. The second-order valence-electron chi connectivity index (χ2n) is 7.53. The number of nitrogens with zero attached hydrogens (tertiary/aromatic N) is 2. The van der Waals surface area contributed by atoms with Gasteiger partial charge in [0.25, 0.3) is 5.91 Å². The number of amides is 1. The summed E-state index contributed by atoms with van der Waals surface area (Å²) in [5.41, 5.74) is 9.25. The van der Waals surface area contributed by atoms with Crippen LogP contribution in [0.1, 0.15) is 27.6 Å². The molecule has 1 aliphatic rings. The number of hydrogen-bond acceptors (Lipinski definition) is 4. The Morgan fingerprint density at radius 3 is 2.56 bits per heavy atom. The van der Waals surface area contributed by atoms with E-state index in [0.717, 1.165) is 16.5 Å². The number of para-hydroxylation sites is 1. The summed E-state index contributed by atoms with van der Waals surface area (Å²) in [5.74, 6) is 0.513. The van der Waals surface area contributed by atoms with E-state index in [1.807, 2.05) is 61.5 Å². The first-order valence-electron chi connectivity index (χ1n) is 9.29. The van der Waals surface area contributed by atoms with Gasteiger partial charge >= 0.3 is 0 Å². The van der Waals surface area contributed by atoms with E-state index in [0.29, 0.717) is 25.4 Å². The van der Waals surface area contributed by atoms with Crippen molar-refractivity contribution in [2.24, 2.45) is 5.73 Å². The molecule has 0 radical (unpaired) electrons. The van der Waals surface area contributed by atoms with Crippen LogP contribution in [0.4, 0.5) is 0 Å². The van der Waals surface area contributed by atoms with E-state index in [1.165, 1.54) is 5.56 Å². The van der Waals surface area contributed by atoms with Crippen molar-refractivity contribution in [3.05, 3.63) is 71.5 Å². The van der Waals surface area contributed by atoms with Gasteiger partial charge in [-0.15, -0.1) is 0 Å². The fraction of sp³-hybridized carbons (Fsp3) is 0.318. The highest BCUT2D eigenvalue weighted by molar-refractivity contribution is 5.99. The largest absolute Gasteiger partial charge is 0.451 e. The third-order valence-corrected chi connectivity index (χ3v) is 5.25. The van der Waals surface area contributed by atoms with Crippen molar-refractivity contribution in [3.8, 4) is 0 Å². The maximum Gasteiger partial charge on any atom is 0.290 e. The van der Waals surface area contributed by atoms with Crippen LogP contribution in [0.2, 0.25) is 0 Å². The molecule has 0 saturated carbocycles. The Bertz CT molecular complexity index is 949. The number of rotatable bonds is 4. The lowest BCUT2D eigenvalue weighted by atomic mass is 9.95. The van der Waals surface area contributed by atoms with Gasteiger partial charge in [-0.05, 0) is 25.7 Å². The van der Waals surface area contributed by atoms with Gasteiger partial charge in [-0.1, -0.05) is 48.5 Å². The van der Waals surface area contributed by atoms with Crippen molar-refractivity contribution < 1.29 is 9.21 Å². The Balaban J connectivity index is 1.65. The number of carbonyl (C=O) groups is 1. The van der Waals surface area contributed by atoms with Crippen molar-refractivity contribution in [3.63, 3.8) is 0 Å². The summed E-state index contributed by atoms with van der Waals surface area (Å²) in [4.78, 5) is 17.2. The lowest BCUT2D eigenvalue weighted by Gasteiger charge is -2.17. The summed E-state index contributed by atoms with van der Waals surface area (Å²) >= 11 is 0. The number of fused-ring (bicyclic) bond motifs is 1. The Kier molecular flexibility index (Phi) is 4.72. The van der Waals surface area contributed by atoms with Crippen LogP contribution >= 0.6 is 0 Å². The van der Waals surface area contributed by atoms with E-state index in [-0.39, 0.29) is 17.9 Å². The van der Waals surface area contributed by atoms with Crippen LogP contribution in [0.3, 0.4) is 0 Å².